The first-order valence-electron chi connectivity index (χ1n) is 8.17. The van der Waals surface area contributed by atoms with Gasteiger partial charge in [-0.15, -0.1) is 0 Å². The molecule has 0 aromatic heterocycles. The fourth-order valence-corrected chi connectivity index (χ4v) is 4.35. The Bertz CT molecular complexity index is 893. The fraction of sp³-hybridized carbons (Fsp3) is 0.350. The number of nitrogens with zero attached hydrogens (tertiary/aromatic N) is 3. The molecule has 4 nitrogen and oxygen atoms in total. The average Bonchev–Trinajstić information content (AvgIpc) is 2.61. The molecule has 0 bridgehead atoms. The molecule has 0 fully saturated rings. The Balaban J connectivity index is 2.34. The van der Waals surface area contributed by atoms with Crippen LogP contribution in [0.3, 0.4) is 0 Å². The number of nitrogens with two attached hydrogens (primary N) is 1. The van der Waals surface area contributed by atoms with Crippen molar-refractivity contribution < 1.29 is 0 Å². The molecule has 25 heavy (non-hydrogen) atoms. The molecule has 3 rings (SSSR count). The predicted octanol–water partition coefficient (Wildman–Crippen LogP) is 4.18. The summed E-state index contributed by atoms with van der Waals surface area (Å²) >= 11 is 6.16. The van der Waals surface area contributed by atoms with Crippen LogP contribution in [0, 0.1) is 51.2 Å². The van der Waals surface area contributed by atoms with E-state index in [1.54, 1.807) is 12.1 Å². The highest BCUT2D eigenvalue weighted by molar-refractivity contribution is 6.30. The lowest BCUT2D eigenvalue weighted by Gasteiger charge is -2.44. The minimum atomic E-state index is -1.57. The molecule has 0 heterocycles. The van der Waals surface area contributed by atoms with Gasteiger partial charge in [-0.1, -0.05) is 36.7 Å². The standard InChI is InChI=1S/C20H17ClN4/c1-12-5-6-15-16(7-12)18(13-3-2-4-14(21)8-13)20(10-23,11-24)19(25)17(15)9-22/h2-4,6,8,12,16,18H,5,7,25H2,1H3. The molecule has 5 heteroatoms. The highest BCUT2D eigenvalue weighted by Gasteiger charge is 2.54. The minimum Gasteiger partial charge on any atom is -0.399 e. The number of nitriles is 3. The van der Waals surface area contributed by atoms with E-state index in [1.807, 2.05) is 18.2 Å². The molecule has 0 amide bonds. The van der Waals surface area contributed by atoms with Crippen molar-refractivity contribution in [3.8, 4) is 18.2 Å². The highest BCUT2D eigenvalue weighted by atomic mass is 35.5. The Hall–Kier alpha value is -2.74. The summed E-state index contributed by atoms with van der Waals surface area (Å²) in [6, 6.07) is 13.6. The molecular formula is C20H17ClN4. The van der Waals surface area contributed by atoms with Gasteiger partial charge in [0.2, 0.25) is 0 Å². The van der Waals surface area contributed by atoms with E-state index in [0.717, 1.165) is 24.0 Å². The number of hydrogen-bond acceptors (Lipinski definition) is 4. The highest BCUT2D eigenvalue weighted by Crippen LogP contribution is 2.56. The fourth-order valence-electron chi connectivity index (χ4n) is 4.15. The van der Waals surface area contributed by atoms with E-state index in [1.165, 1.54) is 0 Å². The lowest BCUT2D eigenvalue weighted by molar-refractivity contribution is 0.284. The van der Waals surface area contributed by atoms with Crippen molar-refractivity contribution in [2.24, 2.45) is 23.0 Å². The first kappa shape index (κ1) is 17.1. The molecule has 0 radical (unpaired) electrons. The second-order valence-electron chi connectivity index (χ2n) is 6.81. The molecule has 0 saturated heterocycles. The van der Waals surface area contributed by atoms with E-state index >= 15 is 0 Å². The molecule has 2 N–H and O–H groups in total. The molecule has 1 aromatic rings. The van der Waals surface area contributed by atoms with Gasteiger partial charge in [0.1, 0.15) is 6.07 Å². The number of hydrogen-bond donors (Lipinski definition) is 1. The Morgan fingerprint density at radius 2 is 1.96 bits per heavy atom. The molecule has 0 spiro atoms. The summed E-state index contributed by atoms with van der Waals surface area (Å²) in [6.07, 6.45) is 3.70. The Morgan fingerprint density at radius 1 is 1.24 bits per heavy atom. The minimum absolute atomic E-state index is 0.0574. The molecule has 0 saturated carbocycles. The summed E-state index contributed by atoms with van der Waals surface area (Å²) < 4.78 is 0. The third kappa shape index (κ3) is 2.49. The van der Waals surface area contributed by atoms with E-state index in [0.29, 0.717) is 16.5 Å². The van der Waals surface area contributed by atoms with Crippen molar-refractivity contribution in [3.63, 3.8) is 0 Å². The van der Waals surface area contributed by atoms with Crippen LogP contribution in [0.25, 0.3) is 0 Å². The maximum absolute atomic E-state index is 9.93. The predicted molar refractivity (Wildman–Crippen MR) is 94.6 cm³/mol. The zero-order valence-corrected chi connectivity index (χ0v) is 14.6. The zero-order chi connectivity index (χ0) is 18.2. The number of fused-ring (bicyclic) bond motifs is 1. The molecule has 3 atom stereocenters. The van der Waals surface area contributed by atoms with Gasteiger partial charge in [-0.2, -0.15) is 15.8 Å². The van der Waals surface area contributed by atoms with Gasteiger partial charge < -0.3 is 5.73 Å². The van der Waals surface area contributed by atoms with Gasteiger partial charge in [-0.25, -0.2) is 0 Å². The summed E-state index contributed by atoms with van der Waals surface area (Å²) in [4.78, 5) is 0. The summed E-state index contributed by atoms with van der Waals surface area (Å²) in [7, 11) is 0. The maximum Gasteiger partial charge on any atom is 0.191 e. The van der Waals surface area contributed by atoms with Crippen molar-refractivity contribution in [2.75, 3.05) is 0 Å². The monoisotopic (exact) mass is 348 g/mol. The zero-order valence-electron chi connectivity index (χ0n) is 13.8. The van der Waals surface area contributed by atoms with Gasteiger partial charge in [0.25, 0.3) is 0 Å². The number of rotatable bonds is 1. The first-order chi connectivity index (χ1) is 12.0. The van der Waals surface area contributed by atoms with Crippen molar-refractivity contribution in [3.05, 3.63) is 57.8 Å². The third-order valence-corrected chi connectivity index (χ3v) is 5.56. The molecule has 3 unspecified atom stereocenters. The normalized spacial score (nSPS) is 27.3. The van der Waals surface area contributed by atoms with Gasteiger partial charge in [0, 0.05) is 10.9 Å². The van der Waals surface area contributed by atoms with E-state index in [2.05, 4.69) is 25.1 Å². The van der Waals surface area contributed by atoms with Gasteiger partial charge in [0.15, 0.2) is 5.41 Å². The Labute approximate surface area is 152 Å². The SMILES string of the molecule is CC1CC=C2C(C#N)=C(N)C(C#N)(C#N)C(c3cccc(Cl)c3)C2C1. The second-order valence-corrected chi connectivity index (χ2v) is 7.24. The topological polar surface area (TPSA) is 97.4 Å². The third-order valence-electron chi connectivity index (χ3n) is 5.32. The lowest BCUT2D eigenvalue weighted by Crippen LogP contribution is -2.43. The lowest BCUT2D eigenvalue weighted by atomic mass is 9.56. The molecule has 0 aliphatic heterocycles. The van der Waals surface area contributed by atoms with Crippen molar-refractivity contribution in [1.82, 2.24) is 0 Å². The summed E-state index contributed by atoms with van der Waals surface area (Å²) in [5.74, 6) is -0.152. The van der Waals surface area contributed by atoms with E-state index in [4.69, 9.17) is 17.3 Å². The molecular weight excluding hydrogens is 332 g/mol. The summed E-state index contributed by atoms with van der Waals surface area (Å²) in [5.41, 5.74) is 6.68. The van der Waals surface area contributed by atoms with Crippen LogP contribution in [0.5, 0.6) is 0 Å². The summed E-state index contributed by atoms with van der Waals surface area (Å²) in [5, 5.41) is 30.0. The van der Waals surface area contributed by atoms with Crippen LogP contribution in [-0.2, 0) is 0 Å². The van der Waals surface area contributed by atoms with E-state index < -0.39 is 11.3 Å². The van der Waals surface area contributed by atoms with E-state index in [-0.39, 0.29) is 11.6 Å². The summed E-state index contributed by atoms with van der Waals surface area (Å²) in [6.45, 7) is 2.14. The van der Waals surface area contributed by atoms with Gasteiger partial charge >= 0.3 is 0 Å². The quantitative estimate of drug-likeness (QED) is 0.823. The Kier molecular flexibility index (Phi) is 4.30. The van der Waals surface area contributed by atoms with Gasteiger partial charge in [0.05, 0.1) is 23.4 Å². The second kappa shape index (κ2) is 6.29. The Morgan fingerprint density at radius 3 is 2.56 bits per heavy atom. The van der Waals surface area contributed by atoms with Crippen LogP contribution in [-0.4, -0.2) is 0 Å². The average molecular weight is 349 g/mol. The van der Waals surface area contributed by atoms with Crippen LogP contribution < -0.4 is 5.73 Å². The molecule has 2 aliphatic rings. The van der Waals surface area contributed by atoms with Crippen molar-refractivity contribution in [1.29, 1.82) is 15.8 Å². The largest absolute Gasteiger partial charge is 0.399 e. The smallest absolute Gasteiger partial charge is 0.191 e. The van der Waals surface area contributed by atoms with Crippen LogP contribution in [0.15, 0.2) is 47.2 Å². The maximum atomic E-state index is 9.93. The van der Waals surface area contributed by atoms with E-state index in [9.17, 15) is 15.8 Å². The van der Waals surface area contributed by atoms with Gasteiger partial charge in [-0.3, -0.25) is 0 Å². The van der Waals surface area contributed by atoms with Crippen LogP contribution in [0.1, 0.15) is 31.2 Å². The van der Waals surface area contributed by atoms with Crippen LogP contribution in [0.2, 0.25) is 5.02 Å². The van der Waals surface area contributed by atoms with Crippen LogP contribution >= 0.6 is 11.6 Å². The number of allylic oxidation sites excluding steroid dienone is 4. The van der Waals surface area contributed by atoms with Crippen LogP contribution in [0.4, 0.5) is 0 Å². The molecule has 2 aliphatic carbocycles. The first-order valence-corrected chi connectivity index (χ1v) is 8.55. The number of halogens is 1. The van der Waals surface area contributed by atoms with Crippen molar-refractivity contribution in [2.45, 2.75) is 25.7 Å². The van der Waals surface area contributed by atoms with Gasteiger partial charge in [-0.05, 0) is 47.9 Å². The molecule has 1 aromatic carbocycles. The van der Waals surface area contributed by atoms with Crippen molar-refractivity contribution >= 4 is 11.6 Å². The number of benzene rings is 1. The molecule has 124 valence electrons.